The van der Waals surface area contributed by atoms with Gasteiger partial charge in [-0.25, -0.2) is 21.9 Å². The van der Waals surface area contributed by atoms with Crippen LogP contribution in [-0.4, -0.2) is 38.5 Å². The summed E-state index contributed by atoms with van der Waals surface area (Å²) >= 11 is 0. The highest BCUT2D eigenvalue weighted by molar-refractivity contribution is 7.89. The van der Waals surface area contributed by atoms with Gasteiger partial charge in [-0.05, 0) is 12.1 Å². The third-order valence-electron chi connectivity index (χ3n) is 2.05. The molecule has 0 aromatic heterocycles. The standard InChI is InChI=1S/C10H10F2N2O5S/c11-6-2-1-3-7(12)10(6)20(18,19)14-4-8(15)13-5-9(16)17/h1-3,14H,4-5H2,(H,13,15)(H,16,17). The molecule has 0 saturated carbocycles. The molecule has 3 N–H and O–H groups in total. The van der Waals surface area contributed by atoms with Crippen LogP contribution in [0.25, 0.3) is 0 Å². The summed E-state index contributed by atoms with van der Waals surface area (Å²) in [6.07, 6.45) is 0. The number of carboxylic acids is 1. The summed E-state index contributed by atoms with van der Waals surface area (Å²) in [5.74, 6) is -4.87. The lowest BCUT2D eigenvalue weighted by atomic mass is 10.3. The molecule has 10 heteroatoms. The molecule has 0 fully saturated rings. The predicted octanol–water partition coefficient (Wildman–Crippen LogP) is -0.556. The third kappa shape index (κ3) is 4.24. The van der Waals surface area contributed by atoms with Crippen molar-refractivity contribution < 1.29 is 31.9 Å². The SMILES string of the molecule is O=C(O)CNC(=O)CNS(=O)(=O)c1c(F)cccc1F. The maximum atomic E-state index is 13.3. The zero-order valence-corrected chi connectivity index (χ0v) is 10.7. The van der Waals surface area contributed by atoms with Crippen molar-refractivity contribution in [2.24, 2.45) is 0 Å². The van der Waals surface area contributed by atoms with E-state index in [1.54, 1.807) is 4.72 Å². The second kappa shape index (κ2) is 6.39. The minimum Gasteiger partial charge on any atom is -0.480 e. The second-order valence-electron chi connectivity index (χ2n) is 3.55. The van der Waals surface area contributed by atoms with E-state index in [0.717, 1.165) is 18.2 Å². The average molecular weight is 308 g/mol. The quantitative estimate of drug-likeness (QED) is 0.652. The molecule has 0 atom stereocenters. The number of carboxylic acid groups (broad SMARTS) is 1. The van der Waals surface area contributed by atoms with Gasteiger partial charge in [-0.3, -0.25) is 9.59 Å². The van der Waals surface area contributed by atoms with E-state index < -0.39 is 51.5 Å². The Labute approximate surface area is 112 Å². The monoisotopic (exact) mass is 308 g/mol. The summed E-state index contributed by atoms with van der Waals surface area (Å²) in [6, 6.07) is 2.49. The molecule has 0 radical (unpaired) electrons. The number of carbonyl (C=O) groups is 2. The van der Waals surface area contributed by atoms with Crippen molar-refractivity contribution in [3.63, 3.8) is 0 Å². The van der Waals surface area contributed by atoms with Gasteiger partial charge < -0.3 is 10.4 Å². The van der Waals surface area contributed by atoms with Crippen LogP contribution < -0.4 is 10.0 Å². The molecular formula is C10H10F2N2O5S. The fourth-order valence-electron chi connectivity index (χ4n) is 1.21. The maximum Gasteiger partial charge on any atom is 0.322 e. The number of amides is 1. The van der Waals surface area contributed by atoms with Gasteiger partial charge >= 0.3 is 5.97 Å². The number of halogens is 2. The van der Waals surface area contributed by atoms with E-state index in [2.05, 4.69) is 0 Å². The normalized spacial score (nSPS) is 11.1. The Morgan fingerprint density at radius 1 is 1.15 bits per heavy atom. The highest BCUT2D eigenvalue weighted by Crippen LogP contribution is 2.17. The Kier molecular flexibility index (Phi) is 5.11. The van der Waals surface area contributed by atoms with Gasteiger partial charge in [0, 0.05) is 0 Å². The average Bonchev–Trinajstić information content (AvgIpc) is 2.33. The van der Waals surface area contributed by atoms with Crippen LogP contribution in [0.5, 0.6) is 0 Å². The number of benzene rings is 1. The molecule has 0 bridgehead atoms. The summed E-state index contributed by atoms with van der Waals surface area (Å²) in [7, 11) is -4.56. The lowest BCUT2D eigenvalue weighted by Gasteiger charge is -2.08. The van der Waals surface area contributed by atoms with Gasteiger partial charge in [0.25, 0.3) is 0 Å². The summed E-state index contributed by atoms with van der Waals surface area (Å²) in [4.78, 5) is 20.1. The summed E-state index contributed by atoms with van der Waals surface area (Å²) in [5, 5.41) is 10.2. The van der Waals surface area contributed by atoms with Gasteiger partial charge in [0.15, 0.2) is 4.90 Å². The number of carbonyl (C=O) groups excluding carboxylic acids is 1. The van der Waals surface area contributed by atoms with E-state index in [1.165, 1.54) is 0 Å². The van der Waals surface area contributed by atoms with Crippen molar-refractivity contribution in [3.05, 3.63) is 29.8 Å². The maximum absolute atomic E-state index is 13.3. The highest BCUT2D eigenvalue weighted by Gasteiger charge is 2.24. The molecule has 1 amide bonds. The van der Waals surface area contributed by atoms with E-state index in [0.29, 0.717) is 0 Å². The first-order chi connectivity index (χ1) is 9.24. The van der Waals surface area contributed by atoms with E-state index in [9.17, 15) is 26.8 Å². The number of hydrogen-bond acceptors (Lipinski definition) is 4. The summed E-state index contributed by atoms with van der Waals surface area (Å²) in [6.45, 7) is -1.54. The van der Waals surface area contributed by atoms with Gasteiger partial charge in [-0.1, -0.05) is 6.07 Å². The van der Waals surface area contributed by atoms with Gasteiger partial charge in [-0.2, -0.15) is 0 Å². The van der Waals surface area contributed by atoms with Crippen LogP contribution in [0.4, 0.5) is 8.78 Å². The lowest BCUT2D eigenvalue weighted by Crippen LogP contribution is -2.39. The molecule has 0 aliphatic heterocycles. The Balaban J connectivity index is 2.76. The summed E-state index contributed by atoms with van der Waals surface area (Å²) in [5.41, 5.74) is 0. The summed E-state index contributed by atoms with van der Waals surface area (Å²) < 4.78 is 51.5. The highest BCUT2D eigenvalue weighted by atomic mass is 32.2. The molecule has 7 nitrogen and oxygen atoms in total. The zero-order valence-electron chi connectivity index (χ0n) is 9.89. The van der Waals surface area contributed by atoms with Crippen molar-refractivity contribution in [1.29, 1.82) is 0 Å². The number of rotatable bonds is 6. The Morgan fingerprint density at radius 2 is 1.70 bits per heavy atom. The molecule has 110 valence electrons. The van der Waals surface area contributed by atoms with Gasteiger partial charge in [0.2, 0.25) is 15.9 Å². The Morgan fingerprint density at radius 3 is 2.20 bits per heavy atom. The molecule has 0 spiro atoms. The van der Waals surface area contributed by atoms with Crippen LogP contribution in [0.1, 0.15) is 0 Å². The molecule has 1 aromatic rings. The zero-order chi connectivity index (χ0) is 15.3. The molecule has 0 unspecified atom stereocenters. The molecule has 0 aliphatic carbocycles. The minimum absolute atomic E-state index is 0.700. The molecule has 0 saturated heterocycles. The molecule has 20 heavy (non-hydrogen) atoms. The van der Waals surface area contributed by atoms with Crippen molar-refractivity contribution in [2.75, 3.05) is 13.1 Å². The topological polar surface area (TPSA) is 113 Å². The van der Waals surface area contributed by atoms with E-state index in [4.69, 9.17) is 5.11 Å². The van der Waals surface area contributed by atoms with Gasteiger partial charge in [0.05, 0.1) is 6.54 Å². The fraction of sp³-hybridized carbons (Fsp3) is 0.200. The van der Waals surface area contributed by atoms with Crippen molar-refractivity contribution in [1.82, 2.24) is 10.0 Å². The lowest BCUT2D eigenvalue weighted by molar-refractivity contribution is -0.137. The Hall–Kier alpha value is -2.07. The Bertz CT molecular complexity index is 612. The van der Waals surface area contributed by atoms with Crippen LogP contribution in [0, 0.1) is 11.6 Å². The molecule has 0 aliphatic rings. The van der Waals surface area contributed by atoms with Crippen molar-refractivity contribution in [2.45, 2.75) is 4.90 Å². The van der Waals surface area contributed by atoms with Crippen LogP contribution in [0.15, 0.2) is 23.1 Å². The third-order valence-corrected chi connectivity index (χ3v) is 3.50. The van der Waals surface area contributed by atoms with Crippen LogP contribution >= 0.6 is 0 Å². The van der Waals surface area contributed by atoms with Crippen LogP contribution in [-0.2, 0) is 19.6 Å². The molecular weight excluding hydrogens is 298 g/mol. The van der Waals surface area contributed by atoms with Crippen molar-refractivity contribution >= 4 is 21.9 Å². The van der Waals surface area contributed by atoms with Crippen LogP contribution in [0.3, 0.4) is 0 Å². The van der Waals surface area contributed by atoms with Gasteiger partial charge in [0.1, 0.15) is 18.2 Å². The van der Waals surface area contributed by atoms with E-state index >= 15 is 0 Å². The minimum atomic E-state index is -4.56. The number of hydrogen-bond donors (Lipinski definition) is 3. The van der Waals surface area contributed by atoms with E-state index in [-0.39, 0.29) is 0 Å². The molecule has 1 rings (SSSR count). The largest absolute Gasteiger partial charge is 0.480 e. The molecule has 0 heterocycles. The molecule has 1 aromatic carbocycles. The smallest absolute Gasteiger partial charge is 0.322 e. The van der Waals surface area contributed by atoms with Crippen LogP contribution in [0.2, 0.25) is 0 Å². The number of sulfonamides is 1. The van der Waals surface area contributed by atoms with Crippen molar-refractivity contribution in [3.8, 4) is 0 Å². The second-order valence-corrected chi connectivity index (χ2v) is 5.25. The fourth-order valence-corrected chi connectivity index (χ4v) is 2.32. The predicted molar refractivity (Wildman–Crippen MR) is 62.2 cm³/mol. The number of aliphatic carboxylic acids is 1. The van der Waals surface area contributed by atoms with E-state index in [1.807, 2.05) is 5.32 Å². The first-order valence-electron chi connectivity index (χ1n) is 5.16. The first-order valence-corrected chi connectivity index (χ1v) is 6.64. The number of nitrogens with one attached hydrogen (secondary N) is 2. The first kappa shape index (κ1) is 16.0. The van der Waals surface area contributed by atoms with Gasteiger partial charge in [-0.15, -0.1) is 0 Å².